The normalized spacial score (nSPS) is 16.9. The quantitative estimate of drug-likeness (QED) is 0.641. The van der Waals surface area contributed by atoms with Crippen LogP contribution in [0.3, 0.4) is 0 Å². The van der Waals surface area contributed by atoms with Crippen molar-refractivity contribution < 1.29 is 14.3 Å². The SMILES string of the molecule is CC1C=Cc2c(cc(O)c3c(=O)c4ccccc4oc23)O1. The van der Waals surface area contributed by atoms with Crippen molar-refractivity contribution in [3.8, 4) is 11.5 Å². The largest absolute Gasteiger partial charge is 0.507 e. The van der Waals surface area contributed by atoms with Crippen molar-refractivity contribution in [1.82, 2.24) is 0 Å². The summed E-state index contributed by atoms with van der Waals surface area (Å²) in [6.07, 6.45) is 3.67. The minimum Gasteiger partial charge on any atom is -0.507 e. The van der Waals surface area contributed by atoms with Crippen molar-refractivity contribution in [3.63, 3.8) is 0 Å². The van der Waals surface area contributed by atoms with Gasteiger partial charge in [-0.15, -0.1) is 0 Å². The molecule has 0 spiro atoms. The molecule has 21 heavy (non-hydrogen) atoms. The third-order valence-corrected chi connectivity index (χ3v) is 3.68. The van der Waals surface area contributed by atoms with E-state index in [1.165, 1.54) is 6.07 Å². The van der Waals surface area contributed by atoms with E-state index >= 15 is 0 Å². The summed E-state index contributed by atoms with van der Waals surface area (Å²) in [5.74, 6) is 0.402. The maximum absolute atomic E-state index is 12.6. The van der Waals surface area contributed by atoms with Crippen LogP contribution < -0.4 is 10.2 Å². The van der Waals surface area contributed by atoms with Gasteiger partial charge >= 0.3 is 0 Å². The van der Waals surface area contributed by atoms with Crippen molar-refractivity contribution in [2.75, 3.05) is 0 Å². The molecular formula is C17H12O4. The van der Waals surface area contributed by atoms with E-state index in [9.17, 15) is 9.90 Å². The Balaban J connectivity index is 2.23. The summed E-state index contributed by atoms with van der Waals surface area (Å²) in [6, 6.07) is 8.48. The van der Waals surface area contributed by atoms with Gasteiger partial charge in [0.25, 0.3) is 0 Å². The molecule has 1 unspecified atom stereocenters. The van der Waals surface area contributed by atoms with Gasteiger partial charge in [-0.05, 0) is 31.2 Å². The minimum absolute atomic E-state index is 0.0819. The maximum atomic E-state index is 12.6. The molecule has 0 fully saturated rings. The Morgan fingerprint density at radius 3 is 2.90 bits per heavy atom. The van der Waals surface area contributed by atoms with Gasteiger partial charge in [0.05, 0.1) is 10.9 Å². The molecule has 1 N–H and O–H groups in total. The van der Waals surface area contributed by atoms with E-state index in [0.29, 0.717) is 27.9 Å². The monoisotopic (exact) mass is 280 g/mol. The Hall–Kier alpha value is -2.75. The van der Waals surface area contributed by atoms with Crippen molar-refractivity contribution in [2.24, 2.45) is 0 Å². The molecular weight excluding hydrogens is 268 g/mol. The molecule has 4 rings (SSSR count). The standard InChI is InChI=1S/C17H12O4/c1-9-6-7-11-14(20-9)8-12(18)15-16(19)10-4-2-3-5-13(10)21-17(11)15/h2-9,18H,1H3. The lowest BCUT2D eigenvalue weighted by atomic mass is 10.0. The summed E-state index contributed by atoms with van der Waals surface area (Å²) in [7, 11) is 0. The first-order valence-electron chi connectivity index (χ1n) is 6.71. The van der Waals surface area contributed by atoms with Gasteiger partial charge in [-0.2, -0.15) is 0 Å². The van der Waals surface area contributed by atoms with E-state index in [2.05, 4.69) is 0 Å². The van der Waals surface area contributed by atoms with Gasteiger partial charge in [0, 0.05) is 6.07 Å². The highest BCUT2D eigenvalue weighted by molar-refractivity contribution is 5.98. The molecule has 1 aliphatic heterocycles. The lowest BCUT2D eigenvalue weighted by molar-refractivity contribution is 0.265. The van der Waals surface area contributed by atoms with Crippen LogP contribution in [-0.2, 0) is 0 Å². The Bertz CT molecular complexity index is 966. The van der Waals surface area contributed by atoms with Crippen molar-refractivity contribution in [1.29, 1.82) is 0 Å². The Labute approximate surface area is 119 Å². The van der Waals surface area contributed by atoms with Crippen molar-refractivity contribution >= 4 is 28.0 Å². The van der Waals surface area contributed by atoms with Crippen LogP contribution in [0.1, 0.15) is 12.5 Å². The smallest absolute Gasteiger partial charge is 0.204 e. The molecule has 3 aromatic rings. The third-order valence-electron chi connectivity index (χ3n) is 3.68. The van der Waals surface area contributed by atoms with Gasteiger partial charge in [0.15, 0.2) is 5.58 Å². The van der Waals surface area contributed by atoms with Crippen LogP contribution >= 0.6 is 0 Å². The first-order chi connectivity index (χ1) is 10.1. The summed E-state index contributed by atoms with van der Waals surface area (Å²) in [4.78, 5) is 12.6. The average molecular weight is 280 g/mol. The van der Waals surface area contributed by atoms with Gasteiger partial charge in [0.2, 0.25) is 5.43 Å². The van der Waals surface area contributed by atoms with E-state index in [0.717, 1.165) is 0 Å². The number of hydrogen-bond donors (Lipinski definition) is 1. The van der Waals surface area contributed by atoms with Crippen LogP contribution in [0.15, 0.2) is 45.6 Å². The van der Waals surface area contributed by atoms with Gasteiger partial charge in [-0.25, -0.2) is 0 Å². The zero-order chi connectivity index (χ0) is 14.6. The van der Waals surface area contributed by atoms with E-state index < -0.39 is 0 Å². The molecule has 0 aliphatic carbocycles. The van der Waals surface area contributed by atoms with E-state index in [-0.39, 0.29) is 22.7 Å². The van der Waals surface area contributed by atoms with E-state index in [1.54, 1.807) is 24.3 Å². The number of benzene rings is 2. The number of fused-ring (bicyclic) bond motifs is 4. The lowest BCUT2D eigenvalue weighted by Gasteiger charge is -2.19. The van der Waals surface area contributed by atoms with E-state index in [1.807, 2.05) is 19.1 Å². The zero-order valence-corrected chi connectivity index (χ0v) is 11.3. The lowest BCUT2D eigenvalue weighted by Crippen LogP contribution is -2.13. The molecule has 0 amide bonds. The van der Waals surface area contributed by atoms with Crippen LogP contribution in [0.25, 0.3) is 28.0 Å². The molecule has 0 saturated heterocycles. The second-order valence-corrected chi connectivity index (χ2v) is 5.12. The number of hydrogen-bond acceptors (Lipinski definition) is 4. The molecule has 1 aromatic heterocycles. The molecule has 2 aromatic carbocycles. The second kappa shape index (κ2) is 4.12. The van der Waals surface area contributed by atoms with Crippen LogP contribution in [0.4, 0.5) is 0 Å². The molecule has 1 aliphatic rings. The first-order valence-corrected chi connectivity index (χ1v) is 6.71. The number of rotatable bonds is 0. The number of phenols is 1. The maximum Gasteiger partial charge on any atom is 0.204 e. The van der Waals surface area contributed by atoms with Crippen LogP contribution in [-0.4, -0.2) is 11.2 Å². The van der Waals surface area contributed by atoms with Crippen LogP contribution in [0, 0.1) is 0 Å². The van der Waals surface area contributed by atoms with Crippen molar-refractivity contribution in [2.45, 2.75) is 13.0 Å². The molecule has 0 saturated carbocycles. The predicted molar refractivity (Wildman–Crippen MR) is 80.8 cm³/mol. The van der Waals surface area contributed by atoms with Crippen LogP contribution in [0.2, 0.25) is 0 Å². The minimum atomic E-state index is -0.237. The summed E-state index contributed by atoms with van der Waals surface area (Å²) in [5, 5.41) is 10.8. The second-order valence-electron chi connectivity index (χ2n) is 5.12. The Morgan fingerprint density at radius 2 is 2.05 bits per heavy atom. The summed E-state index contributed by atoms with van der Waals surface area (Å²) < 4.78 is 11.5. The van der Waals surface area contributed by atoms with Gasteiger partial charge in [-0.3, -0.25) is 4.79 Å². The van der Waals surface area contributed by atoms with Gasteiger partial charge in [0.1, 0.15) is 28.6 Å². The fourth-order valence-electron chi connectivity index (χ4n) is 2.68. The molecule has 104 valence electrons. The summed E-state index contributed by atoms with van der Waals surface area (Å²) >= 11 is 0. The summed E-state index contributed by atoms with van der Waals surface area (Å²) in [6.45, 7) is 1.90. The molecule has 0 bridgehead atoms. The van der Waals surface area contributed by atoms with E-state index in [4.69, 9.17) is 9.15 Å². The number of ether oxygens (including phenoxy) is 1. The van der Waals surface area contributed by atoms with Crippen LogP contribution in [0.5, 0.6) is 11.5 Å². The summed E-state index contributed by atoms with van der Waals surface area (Å²) in [5.41, 5.74) is 1.30. The highest BCUT2D eigenvalue weighted by Crippen LogP contribution is 2.38. The Kier molecular flexibility index (Phi) is 2.36. The fraction of sp³-hybridized carbons (Fsp3) is 0.118. The molecule has 2 heterocycles. The topological polar surface area (TPSA) is 59.7 Å². The molecule has 0 radical (unpaired) electrons. The Morgan fingerprint density at radius 1 is 1.24 bits per heavy atom. The number of para-hydroxylation sites is 1. The van der Waals surface area contributed by atoms with Gasteiger partial charge < -0.3 is 14.3 Å². The highest BCUT2D eigenvalue weighted by Gasteiger charge is 2.21. The van der Waals surface area contributed by atoms with Gasteiger partial charge in [-0.1, -0.05) is 12.1 Å². The van der Waals surface area contributed by atoms with Crippen molar-refractivity contribution in [3.05, 3.63) is 52.2 Å². The molecule has 1 atom stereocenters. The molecule has 4 heteroatoms. The highest BCUT2D eigenvalue weighted by atomic mass is 16.5. The fourth-order valence-corrected chi connectivity index (χ4v) is 2.68. The zero-order valence-electron chi connectivity index (χ0n) is 11.3. The number of aromatic hydroxyl groups is 1. The predicted octanol–water partition coefficient (Wildman–Crippen LogP) is 3.45. The molecule has 4 nitrogen and oxygen atoms in total. The third kappa shape index (κ3) is 1.65. The average Bonchev–Trinajstić information content (AvgIpc) is 2.47. The number of phenolic OH excluding ortho intramolecular Hbond substituents is 1. The first kappa shape index (κ1) is 12.0.